The minimum Gasteiger partial charge on any atom is -0.489 e. The average molecular weight is 296 g/mol. The monoisotopic (exact) mass is 296 g/mol. The van der Waals surface area contributed by atoms with Gasteiger partial charge in [0, 0.05) is 36.6 Å². The topological polar surface area (TPSA) is 41.6 Å². The number of hydrogen-bond acceptors (Lipinski definition) is 4. The van der Waals surface area contributed by atoms with E-state index in [9.17, 15) is 9.18 Å². The quantitative estimate of drug-likeness (QED) is 0.901. The van der Waals surface area contributed by atoms with Gasteiger partial charge in [-0.3, -0.25) is 4.79 Å². The van der Waals surface area contributed by atoms with Crippen molar-refractivity contribution in [2.24, 2.45) is 0 Å². The molecule has 2 aliphatic rings. The molecule has 2 aliphatic heterocycles. The van der Waals surface area contributed by atoms with Crippen molar-refractivity contribution in [2.75, 3.05) is 36.1 Å². The summed E-state index contributed by atoms with van der Waals surface area (Å²) < 4.78 is 18.6. The molecule has 2 heterocycles. The zero-order chi connectivity index (χ0) is 13.9. The van der Waals surface area contributed by atoms with Crippen LogP contribution in [0.1, 0.15) is 6.42 Å². The number of amides is 1. The molecule has 3 rings (SSSR count). The zero-order valence-corrected chi connectivity index (χ0v) is 11.9. The van der Waals surface area contributed by atoms with Crippen molar-refractivity contribution < 1.29 is 13.9 Å². The number of nitrogens with zero attached hydrogens (tertiary/aromatic N) is 1. The van der Waals surface area contributed by atoms with E-state index >= 15 is 0 Å². The minimum atomic E-state index is -0.344. The number of ether oxygens (including phenoxy) is 1. The van der Waals surface area contributed by atoms with Crippen molar-refractivity contribution >= 4 is 23.4 Å². The molecule has 0 saturated carbocycles. The molecule has 1 N–H and O–H groups in total. The molecule has 0 radical (unpaired) electrons. The summed E-state index contributed by atoms with van der Waals surface area (Å²) in [6.45, 7) is 1.89. The van der Waals surface area contributed by atoms with Crippen molar-refractivity contribution in [3.63, 3.8) is 0 Å². The van der Waals surface area contributed by atoms with Gasteiger partial charge in [0.15, 0.2) is 0 Å². The number of fused-ring (bicyclic) bond motifs is 1. The first-order valence-corrected chi connectivity index (χ1v) is 7.93. The van der Waals surface area contributed by atoms with Gasteiger partial charge in [-0.15, -0.1) is 0 Å². The van der Waals surface area contributed by atoms with Crippen LogP contribution in [0.3, 0.4) is 0 Å². The van der Waals surface area contributed by atoms with Crippen LogP contribution in [0, 0.1) is 5.82 Å². The van der Waals surface area contributed by atoms with Crippen LogP contribution >= 0.6 is 11.8 Å². The van der Waals surface area contributed by atoms with Crippen molar-refractivity contribution in [1.82, 2.24) is 5.32 Å². The summed E-state index contributed by atoms with van der Waals surface area (Å²) in [5.74, 6) is 2.25. The Morgan fingerprint density at radius 3 is 3.25 bits per heavy atom. The van der Waals surface area contributed by atoms with Crippen LogP contribution in [0.4, 0.5) is 10.1 Å². The van der Waals surface area contributed by atoms with Gasteiger partial charge in [0.2, 0.25) is 5.91 Å². The maximum atomic E-state index is 13.2. The van der Waals surface area contributed by atoms with E-state index in [2.05, 4.69) is 5.32 Å². The molecule has 20 heavy (non-hydrogen) atoms. The highest BCUT2D eigenvalue weighted by Gasteiger charge is 2.26. The number of carbonyl (C=O) groups excluding carboxylic acids is 1. The normalized spacial score (nSPS) is 22.1. The number of carbonyl (C=O) groups is 1. The first kappa shape index (κ1) is 13.7. The molecule has 108 valence electrons. The summed E-state index contributed by atoms with van der Waals surface area (Å²) in [6.07, 6.45) is 0.476. The summed E-state index contributed by atoms with van der Waals surface area (Å²) in [6, 6.07) is 4.55. The van der Waals surface area contributed by atoms with Crippen LogP contribution in [0.5, 0.6) is 5.75 Å². The number of rotatable bonds is 2. The number of nitrogens with one attached hydrogen (secondary N) is 1. The Hall–Kier alpha value is -1.27. The highest BCUT2D eigenvalue weighted by atomic mass is 32.2. The molecule has 1 fully saturated rings. The first-order chi connectivity index (χ1) is 9.74. The fourth-order valence-corrected chi connectivity index (χ4v) is 3.47. The van der Waals surface area contributed by atoms with E-state index in [-0.39, 0.29) is 17.8 Å². The predicted octanol–water partition coefficient (Wildman–Crippen LogP) is 1.65. The molecule has 1 saturated heterocycles. The van der Waals surface area contributed by atoms with E-state index in [0.29, 0.717) is 31.0 Å². The van der Waals surface area contributed by atoms with Crippen LogP contribution in [0.2, 0.25) is 0 Å². The van der Waals surface area contributed by atoms with Gasteiger partial charge in [0.05, 0.1) is 12.2 Å². The van der Waals surface area contributed by atoms with Crippen LogP contribution in [0.25, 0.3) is 0 Å². The van der Waals surface area contributed by atoms with Crippen molar-refractivity contribution in [2.45, 2.75) is 12.5 Å². The molecule has 6 heteroatoms. The van der Waals surface area contributed by atoms with Crippen LogP contribution in [-0.4, -0.2) is 43.2 Å². The van der Waals surface area contributed by atoms with Gasteiger partial charge in [-0.1, -0.05) is 0 Å². The second-order valence-electron chi connectivity index (χ2n) is 4.94. The van der Waals surface area contributed by atoms with Crippen molar-refractivity contribution in [3.05, 3.63) is 24.0 Å². The van der Waals surface area contributed by atoms with Gasteiger partial charge in [0.25, 0.3) is 0 Å². The Balaban J connectivity index is 1.72. The number of thioether (sulfide) groups is 1. The molecule has 0 aromatic heterocycles. The maximum absolute atomic E-state index is 13.2. The molecule has 1 atom stereocenters. The van der Waals surface area contributed by atoms with E-state index < -0.39 is 0 Å². The summed E-state index contributed by atoms with van der Waals surface area (Å²) in [5, 5.41) is 3.36. The molecule has 0 spiro atoms. The van der Waals surface area contributed by atoms with E-state index in [1.807, 2.05) is 11.8 Å². The van der Waals surface area contributed by atoms with Gasteiger partial charge in [-0.2, -0.15) is 11.8 Å². The molecule has 0 bridgehead atoms. The van der Waals surface area contributed by atoms with E-state index in [4.69, 9.17) is 4.74 Å². The number of halogens is 1. The number of hydrogen-bond donors (Lipinski definition) is 1. The lowest BCUT2D eigenvalue weighted by molar-refractivity contribution is -0.119. The largest absolute Gasteiger partial charge is 0.489 e. The van der Waals surface area contributed by atoms with E-state index in [1.165, 1.54) is 12.1 Å². The third kappa shape index (κ3) is 2.91. The fraction of sp³-hybridized carbons (Fsp3) is 0.500. The zero-order valence-electron chi connectivity index (χ0n) is 11.1. The highest BCUT2D eigenvalue weighted by Crippen LogP contribution is 2.32. The van der Waals surface area contributed by atoms with Gasteiger partial charge >= 0.3 is 0 Å². The third-order valence-corrected chi connectivity index (χ3v) is 4.64. The smallest absolute Gasteiger partial charge is 0.228 e. The number of benzene rings is 1. The Labute approximate surface area is 121 Å². The molecular formula is C14H17FN2O2S. The van der Waals surface area contributed by atoms with E-state index in [1.54, 1.807) is 11.0 Å². The van der Waals surface area contributed by atoms with Gasteiger partial charge < -0.3 is 15.0 Å². The molecule has 1 unspecified atom stereocenters. The van der Waals surface area contributed by atoms with Crippen molar-refractivity contribution in [3.8, 4) is 5.75 Å². The van der Waals surface area contributed by atoms with Crippen LogP contribution in [-0.2, 0) is 4.79 Å². The maximum Gasteiger partial charge on any atom is 0.228 e. The standard InChI is InChI=1S/C14H17FN2O2S/c15-10-1-2-12-13(7-10)19-5-4-17(12)14(18)8-11-9-20-6-3-16-11/h1-2,7,11,16H,3-6,8-9H2. The van der Waals surface area contributed by atoms with Crippen LogP contribution in [0.15, 0.2) is 18.2 Å². The van der Waals surface area contributed by atoms with E-state index in [0.717, 1.165) is 18.1 Å². The van der Waals surface area contributed by atoms with Gasteiger partial charge in [-0.05, 0) is 12.1 Å². The lowest BCUT2D eigenvalue weighted by Crippen LogP contribution is -2.44. The molecular weight excluding hydrogens is 279 g/mol. The second-order valence-corrected chi connectivity index (χ2v) is 6.09. The lowest BCUT2D eigenvalue weighted by atomic mass is 10.1. The Morgan fingerprint density at radius 1 is 1.55 bits per heavy atom. The van der Waals surface area contributed by atoms with Gasteiger partial charge in [-0.25, -0.2) is 4.39 Å². The first-order valence-electron chi connectivity index (χ1n) is 6.78. The Morgan fingerprint density at radius 2 is 2.45 bits per heavy atom. The average Bonchev–Trinajstić information content (AvgIpc) is 2.47. The molecule has 1 aromatic rings. The third-order valence-electron chi connectivity index (χ3n) is 3.51. The van der Waals surface area contributed by atoms with Crippen LogP contribution < -0.4 is 15.0 Å². The Kier molecular flexibility index (Phi) is 4.12. The van der Waals surface area contributed by atoms with Crippen molar-refractivity contribution in [1.29, 1.82) is 0 Å². The minimum absolute atomic E-state index is 0.0705. The molecule has 4 nitrogen and oxygen atoms in total. The SMILES string of the molecule is O=C(CC1CSCCN1)N1CCOc2cc(F)ccc21. The summed E-state index contributed by atoms with van der Waals surface area (Å²) >= 11 is 1.87. The summed E-state index contributed by atoms with van der Waals surface area (Å²) in [5.41, 5.74) is 0.672. The summed E-state index contributed by atoms with van der Waals surface area (Å²) in [4.78, 5) is 14.1. The predicted molar refractivity (Wildman–Crippen MR) is 78.0 cm³/mol. The second kappa shape index (κ2) is 6.01. The van der Waals surface area contributed by atoms with Gasteiger partial charge in [0.1, 0.15) is 18.2 Å². The molecule has 1 aromatic carbocycles. The highest BCUT2D eigenvalue weighted by molar-refractivity contribution is 7.99. The fourth-order valence-electron chi connectivity index (χ4n) is 2.52. The lowest BCUT2D eigenvalue weighted by Gasteiger charge is -2.31. The number of anilines is 1. The molecule has 1 amide bonds. The summed E-state index contributed by atoms with van der Waals surface area (Å²) in [7, 11) is 0. The Bertz CT molecular complexity index is 506. The molecule has 0 aliphatic carbocycles.